The Morgan fingerprint density at radius 2 is 1.46 bits per heavy atom. The summed E-state index contributed by atoms with van der Waals surface area (Å²) < 4.78 is 5.10. The molecule has 1 aliphatic carbocycles. The average molecular weight is 188 g/mol. The molecule has 1 saturated carbocycles. The zero-order valence-electron chi connectivity index (χ0n) is 8.28. The second kappa shape index (κ2) is 5.58. The minimum absolute atomic E-state index is 0.247. The van der Waals surface area contributed by atoms with E-state index in [2.05, 4.69) is 0 Å². The van der Waals surface area contributed by atoms with Crippen LogP contribution in [0.15, 0.2) is 0 Å². The van der Waals surface area contributed by atoms with Crippen LogP contribution in [0.5, 0.6) is 0 Å². The predicted octanol–water partition coefficient (Wildman–Crippen LogP) is 0.650. The van der Waals surface area contributed by atoms with Crippen molar-refractivity contribution < 1.29 is 14.9 Å². The maximum absolute atomic E-state index is 9.07. The molecule has 2 unspecified atom stereocenters. The molecule has 0 radical (unpaired) electrons. The summed E-state index contributed by atoms with van der Waals surface area (Å²) in [5, 5.41) is 18.1. The Balaban J connectivity index is 2.39. The van der Waals surface area contributed by atoms with E-state index in [1.807, 2.05) is 0 Å². The molecule has 3 nitrogen and oxygen atoms in total. The van der Waals surface area contributed by atoms with Gasteiger partial charge in [0, 0.05) is 26.9 Å². The molecule has 0 spiro atoms. The van der Waals surface area contributed by atoms with Gasteiger partial charge in [0.1, 0.15) is 0 Å². The molecule has 2 atom stereocenters. The van der Waals surface area contributed by atoms with Gasteiger partial charge in [0.05, 0.1) is 0 Å². The summed E-state index contributed by atoms with van der Waals surface area (Å²) in [6.45, 7) is 1.25. The maximum Gasteiger partial charge on any atom is 0.0490 e. The van der Waals surface area contributed by atoms with E-state index in [4.69, 9.17) is 14.9 Å². The minimum Gasteiger partial charge on any atom is -0.396 e. The summed E-state index contributed by atoms with van der Waals surface area (Å²) in [7, 11) is 1.70. The third-order valence-electron chi connectivity index (χ3n) is 2.92. The molecular formula is C10H20O3. The van der Waals surface area contributed by atoms with E-state index in [1.165, 1.54) is 0 Å². The van der Waals surface area contributed by atoms with Gasteiger partial charge in [0.25, 0.3) is 0 Å². The smallest absolute Gasteiger partial charge is 0.0490 e. The number of methoxy groups -OCH3 is 1. The number of ether oxygens (including phenoxy) is 1. The van der Waals surface area contributed by atoms with E-state index in [-0.39, 0.29) is 13.2 Å². The molecule has 78 valence electrons. The van der Waals surface area contributed by atoms with E-state index in [0.29, 0.717) is 17.8 Å². The standard InChI is InChI=1S/C10H20O3/c1-13-7-10-3-8(5-11)2-9(4-10)6-12/h8-12H,2-7H2,1H3. The molecule has 1 rings (SSSR count). The quantitative estimate of drug-likeness (QED) is 0.681. The molecule has 0 saturated heterocycles. The summed E-state index contributed by atoms with van der Waals surface area (Å²) in [5.74, 6) is 1.25. The molecule has 1 aliphatic rings. The molecule has 13 heavy (non-hydrogen) atoms. The van der Waals surface area contributed by atoms with Crippen LogP contribution in [-0.4, -0.2) is 37.1 Å². The van der Waals surface area contributed by atoms with Gasteiger partial charge >= 0.3 is 0 Å². The second-order valence-electron chi connectivity index (χ2n) is 4.13. The van der Waals surface area contributed by atoms with Gasteiger partial charge in [-0.15, -0.1) is 0 Å². The van der Waals surface area contributed by atoms with Gasteiger partial charge in [0.15, 0.2) is 0 Å². The van der Waals surface area contributed by atoms with Crippen molar-refractivity contribution in [3.8, 4) is 0 Å². The number of rotatable bonds is 4. The first kappa shape index (κ1) is 11.0. The molecule has 2 N–H and O–H groups in total. The Bertz CT molecular complexity index is 126. The largest absolute Gasteiger partial charge is 0.396 e. The van der Waals surface area contributed by atoms with Crippen molar-refractivity contribution in [2.45, 2.75) is 19.3 Å². The average Bonchev–Trinajstić information content (AvgIpc) is 2.17. The third kappa shape index (κ3) is 3.25. The van der Waals surface area contributed by atoms with E-state index in [1.54, 1.807) is 7.11 Å². The van der Waals surface area contributed by atoms with Crippen LogP contribution >= 0.6 is 0 Å². The topological polar surface area (TPSA) is 49.7 Å². The predicted molar refractivity (Wildman–Crippen MR) is 50.4 cm³/mol. The van der Waals surface area contributed by atoms with Gasteiger partial charge in [0.2, 0.25) is 0 Å². The van der Waals surface area contributed by atoms with Crippen LogP contribution in [0.3, 0.4) is 0 Å². The first-order valence-corrected chi connectivity index (χ1v) is 5.00. The van der Waals surface area contributed by atoms with Gasteiger partial charge in [-0.05, 0) is 37.0 Å². The Labute approximate surface area is 79.7 Å². The molecule has 1 fully saturated rings. The second-order valence-corrected chi connectivity index (χ2v) is 4.13. The number of aliphatic hydroxyl groups excluding tert-OH is 2. The summed E-state index contributed by atoms with van der Waals surface area (Å²) in [4.78, 5) is 0. The minimum atomic E-state index is 0.247. The van der Waals surface area contributed by atoms with E-state index in [0.717, 1.165) is 25.9 Å². The van der Waals surface area contributed by atoms with Crippen LogP contribution in [0, 0.1) is 17.8 Å². The lowest BCUT2D eigenvalue weighted by Gasteiger charge is -2.32. The summed E-state index contributed by atoms with van der Waals surface area (Å²) >= 11 is 0. The third-order valence-corrected chi connectivity index (χ3v) is 2.92. The molecule has 0 aromatic rings. The molecule has 0 aromatic heterocycles. The van der Waals surface area contributed by atoms with Crippen molar-refractivity contribution in [3.05, 3.63) is 0 Å². The highest BCUT2D eigenvalue weighted by molar-refractivity contribution is 4.78. The highest BCUT2D eigenvalue weighted by Crippen LogP contribution is 2.32. The highest BCUT2D eigenvalue weighted by Gasteiger charge is 2.27. The molecule has 0 bridgehead atoms. The van der Waals surface area contributed by atoms with E-state index < -0.39 is 0 Å². The van der Waals surface area contributed by atoms with Crippen molar-refractivity contribution in [1.82, 2.24) is 0 Å². The summed E-state index contributed by atoms with van der Waals surface area (Å²) in [5.41, 5.74) is 0. The number of hydrogen-bond acceptors (Lipinski definition) is 3. The van der Waals surface area contributed by atoms with Crippen molar-refractivity contribution in [1.29, 1.82) is 0 Å². The zero-order chi connectivity index (χ0) is 9.68. The maximum atomic E-state index is 9.07. The van der Waals surface area contributed by atoms with Crippen molar-refractivity contribution in [2.24, 2.45) is 17.8 Å². The first-order valence-electron chi connectivity index (χ1n) is 5.00. The fourth-order valence-corrected chi connectivity index (χ4v) is 2.37. The Hall–Kier alpha value is -0.120. The first-order chi connectivity index (χ1) is 6.30. The number of hydrogen-bond donors (Lipinski definition) is 2. The van der Waals surface area contributed by atoms with Crippen LogP contribution in [0.1, 0.15) is 19.3 Å². The van der Waals surface area contributed by atoms with Crippen LogP contribution in [0.2, 0.25) is 0 Å². The summed E-state index contributed by atoms with van der Waals surface area (Å²) in [6, 6.07) is 0. The van der Waals surface area contributed by atoms with E-state index >= 15 is 0 Å². The monoisotopic (exact) mass is 188 g/mol. The molecule has 3 heteroatoms. The fraction of sp³-hybridized carbons (Fsp3) is 1.00. The lowest BCUT2D eigenvalue weighted by molar-refractivity contribution is 0.0507. The molecular weight excluding hydrogens is 168 g/mol. The summed E-state index contributed by atoms with van der Waals surface area (Å²) in [6.07, 6.45) is 3.05. The van der Waals surface area contributed by atoms with Crippen molar-refractivity contribution in [3.63, 3.8) is 0 Å². The normalized spacial score (nSPS) is 34.8. The lowest BCUT2D eigenvalue weighted by Crippen LogP contribution is -2.29. The zero-order valence-corrected chi connectivity index (χ0v) is 8.28. The molecule has 0 heterocycles. The fourth-order valence-electron chi connectivity index (χ4n) is 2.37. The SMILES string of the molecule is COCC1CC(CO)CC(CO)C1. The van der Waals surface area contributed by atoms with Gasteiger partial charge in [-0.25, -0.2) is 0 Å². The molecule has 0 aromatic carbocycles. The van der Waals surface area contributed by atoms with Crippen LogP contribution in [-0.2, 0) is 4.74 Å². The van der Waals surface area contributed by atoms with E-state index in [9.17, 15) is 0 Å². The van der Waals surface area contributed by atoms with Gasteiger partial charge < -0.3 is 14.9 Å². The lowest BCUT2D eigenvalue weighted by atomic mass is 9.76. The Morgan fingerprint density at radius 1 is 1.00 bits per heavy atom. The molecule has 0 amide bonds. The van der Waals surface area contributed by atoms with Crippen LogP contribution < -0.4 is 0 Å². The highest BCUT2D eigenvalue weighted by atomic mass is 16.5. The van der Waals surface area contributed by atoms with Crippen molar-refractivity contribution >= 4 is 0 Å². The van der Waals surface area contributed by atoms with Gasteiger partial charge in [-0.2, -0.15) is 0 Å². The Kier molecular flexibility index (Phi) is 4.70. The van der Waals surface area contributed by atoms with Crippen LogP contribution in [0.25, 0.3) is 0 Å². The van der Waals surface area contributed by atoms with Crippen LogP contribution in [0.4, 0.5) is 0 Å². The van der Waals surface area contributed by atoms with Gasteiger partial charge in [-0.3, -0.25) is 0 Å². The molecule has 0 aliphatic heterocycles. The number of aliphatic hydroxyl groups is 2. The van der Waals surface area contributed by atoms with Gasteiger partial charge in [-0.1, -0.05) is 0 Å². The Morgan fingerprint density at radius 3 is 1.85 bits per heavy atom. The van der Waals surface area contributed by atoms with Crippen molar-refractivity contribution in [2.75, 3.05) is 26.9 Å².